The van der Waals surface area contributed by atoms with Gasteiger partial charge in [-0.1, -0.05) is 60.7 Å². The van der Waals surface area contributed by atoms with Crippen LogP contribution in [0.5, 0.6) is 0 Å². The maximum Gasteiger partial charge on any atom is 0.160 e. The van der Waals surface area contributed by atoms with Gasteiger partial charge < -0.3 is 0 Å². The first kappa shape index (κ1) is 13.6. The minimum Gasteiger partial charge on any atom is -0.294 e. The molecule has 2 nitrogen and oxygen atoms in total. The maximum absolute atomic E-state index is 12.2. The molecule has 0 N–H and O–H groups in total. The Kier molecular flexibility index (Phi) is 3.16. The largest absolute Gasteiger partial charge is 0.294 e. The van der Waals surface area contributed by atoms with Gasteiger partial charge in [0.1, 0.15) is 0 Å². The van der Waals surface area contributed by atoms with E-state index in [9.17, 15) is 4.79 Å². The van der Waals surface area contributed by atoms with E-state index in [1.807, 2.05) is 48.7 Å². The van der Waals surface area contributed by atoms with E-state index in [1.54, 1.807) is 6.92 Å². The predicted octanol–water partition coefficient (Wildman–Crippen LogP) is 5.26. The van der Waals surface area contributed by atoms with Gasteiger partial charge >= 0.3 is 0 Å². The molecule has 0 saturated heterocycles. The second kappa shape index (κ2) is 5.33. The molecule has 4 aromatic rings. The van der Waals surface area contributed by atoms with E-state index in [-0.39, 0.29) is 5.78 Å². The van der Waals surface area contributed by atoms with Gasteiger partial charge in [-0.05, 0) is 29.1 Å². The van der Waals surface area contributed by atoms with E-state index in [1.165, 1.54) is 0 Å². The standard InChI is InChI=1S/C21H15NO/c1-14(23)17-11-10-15-6-2-4-8-18(15)20(17)21-19-9-5-3-7-16(19)12-13-22-21/h2-13H,1H3. The van der Waals surface area contributed by atoms with Crippen molar-refractivity contribution in [3.8, 4) is 11.3 Å². The number of aromatic nitrogens is 1. The molecule has 0 radical (unpaired) electrons. The number of fused-ring (bicyclic) bond motifs is 2. The molecule has 4 rings (SSSR count). The average Bonchev–Trinajstić information content (AvgIpc) is 2.60. The quantitative estimate of drug-likeness (QED) is 0.472. The third-order valence-electron chi connectivity index (χ3n) is 4.22. The summed E-state index contributed by atoms with van der Waals surface area (Å²) in [6.07, 6.45) is 1.81. The van der Waals surface area contributed by atoms with Gasteiger partial charge in [0, 0.05) is 22.7 Å². The van der Waals surface area contributed by atoms with Gasteiger partial charge in [0.2, 0.25) is 0 Å². The number of benzene rings is 3. The third-order valence-corrected chi connectivity index (χ3v) is 4.22. The molecular formula is C21H15NO. The Balaban J connectivity index is 2.19. The Bertz CT molecular complexity index is 1040. The number of hydrogen-bond acceptors (Lipinski definition) is 2. The lowest BCUT2D eigenvalue weighted by Gasteiger charge is -2.13. The number of ketones is 1. The van der Waals surface area contributed by atoms with Crippen LogP contribution in [0.15, 0.2) is 72.9 Å². The zero-order valence-corrected chi connectivity index (χ0v) is 12.8. The SMILES string of the molecule is CC(=O)c1ccc2ccccc2c1-c1nccc2ccccc12. The Morgan fingerprint density at radius 1 is 0.783 bits per heavy atom. The first-order valence-electron chi connectivity index (χ1n) is 7.62. The Morgan fingerprint density at radius 2 is 1.43 bits per heavy atom. The van der Waals surface area contributed by atoms with E-state index >= 15 is 0 Å². The highest BCUT2D eigenvalue weighted by molar-refractivity contribution is 6.13. The van der Waals surface area contributed by atoms with Crippen LogP contribution in [-0.4, -0.2) is 10.8 Å². The fraction of sp³-hybridized carbons (Fsp3) is 0.0476. The minimum atomic E-state index is 0.0560. The molecule has 23 heavy (non-hydrogen) atoms. The molecule has 0 atom stereocenters. The smallest absolute Gasteiger partial charge is 0.160 e. The number of carbonyl (C=O) groups is 1. The normalized spacial score (nSPS) is 11.0. The molecule has 0 saturated carbocycles. The summed E-state index contributed by atoms with van der Waals surface area (Å²) >= 11 is 0. The molecule has 0 fully saturated rings. The molecule has 0 aliphatic carbocycles. The molecule has 1 aromatic heterocycles. The van der Waals surface area contributed by atoms with Crippen molar-refractivity contribution in [2.24, 2.45) is 0 Å². The lowest BCUT2D eigenvalue weighted by atomic mass is 9.92. The fourth-order valence-electron chi connectivity index (χ4n) is 3.14. The van der Waals surface area contributed by atoms with Crippen molar-refractivity contribution >= 4 is 27.3 Å². The number of hydrogen-bond donors (Lipinski definition) is 0. The van der Waals surface area contributed by atoms with Gasteiger partial charge in [-0.15, -0.1) is 0 Å². The summed E-state index contributed by atoms with van der Waals surface area (Å²) in [6, 6.07) is 22.2. The topological polar surface area (TPSA) is 30.0 Å². The lowest BCUT2D eigenvalue weighted by molar-refractivity contribution is 0.101. The summed E-state index contributed by atoms with van der Waals surface area (Å²) in [5, 5.41) is 4.36. The van der Waals surface area contributed by atoms with Crippen LogP contribution in [0.3, 0.4) is 0 Å². The predicted molar refractivity (Wildman–Crippen MR) is 94.7 cm³/mol. The summed E-state index contributed by atoms with van der Waals surface area (Å²) in [7, 11) is 0. The van der Waals surface area contributed by atoms with Crippen LogP contribution in [0.2, 0.25) is 0 Å². The molecule has 0 spiro atoms. The summed E-state index contributed by atoms with van der Waals surface area (Å²) in [6.45, 7) is 1.61. The first-order valence-corrected chi connectivity index (χ1v) is 7.62. The second-order valence-electron chi connectivity index (χ2n) is 5.65. The number of Topliss-reactive ketones (excluding diaryl/α,β-unsaturated/α-hetero) is 1. The van der Waals surface area contributed by atoms with Crippen LogP contribution < -0.4 is 0 Å². The van der Waals surface area contributed by atoms with Crippen molar-refractivity contribution in [1.29, 1.82) is 0 Å². The zero-order chi connectivity index (χ0) is 15.8. The number of pyridine rings is 1. The highest BCUT2D eigenvalue weighted by Gasteiger charge is 2.16. The van der Waals surface area contributed by atoms with Gasteiger partial charge in [-0.2, -0.15) is 0 Å². The minimum absolute atomic E-state index is 0.0560. The van der Waals surface area contributed by atoms with Crippen LogP contribution in [-0.2, 0) is 0 Å². The van der Waals surface area contributed by atoms with Gasteiger partial charge in [-0.25, -0.2) is 0 Å². The molecule has 0 aliphatic heterocycles. The zero-order valence-electron chi connectivity index (χ0n) is 12.8. The third kappa shape index (κ3) is 2.20. The Labute approximate surface area is 134 Å². The fourth-order valence-corrected chi connectivity index (χ4v) is 3.14. The average molecular weight is 297 g/mol. The van der Waals surface area contributed by atoms with Crippen LogP contribution in [0, 0.1) is 0 Å². The molecule has 0 bridgehead atoms. The monoisotopic (exact) mass is 297 g/mol. The molecule has 2 heteroatoms. The van der Waals surface area contributed by atoms with Crippen LogP contribution in [0.1, 0.15) is 17.3 Å². The van der Waals surface area contributed by atoms with E-state index < -0.39 is 0 Å². The van der Waals surface area contributed by atoms with Crippen molar-refractivity contribution in [3.63, 3.8) is 0 Å². The summed E-state index contributed by atoms with van der Waals surface area (Å²) in [5.41, 5.74) is 2.50. The van der Waals surface area contributed by atoms with Gasteiger partial charge in [-0.3, -0.25) is 9.78 Å². The van der Waals surface area contributed by atoms with E-state index in [2.05, 4.69) is 29.2 Å². The lowest BCUT2D eigenvalue weighted by Crippen LogP contribution is -1.99. The maximum atomic E-state index is 12.2. The second-order valence-corrected chi connectivity index (χ2v) is 5.65. The van der Waals surface area contributed by atoms with Crippen molar-refractivity contribution in [3.05, 3.63) is 78.5 Å². The van der Waals surface area contributed by atoms with Gasteiger partial charge in [0.15, 0.2) is 5.78 Å². The summed E-state index contributed by atoms with van der Waals surface area (Å²) < 4.78 is 0. The van der Waals surface area contributed by atoms with Crippen molar-refractivity contribution in [2.75, 3.05) is 0 Å². The molecule has 110 valence electrons. The molecule has 0 aliphatic rings. The Morgan fingerprint density at radius 3 is 2.17 bits per heavy atom. The Hall–Kier alpha value is -3.00. The first-order chi connectivity index (χ1) is 11.3. The van der Waals surface area contributed by atoms with Crippen LogP contribution >= 0.6 is 0 Å². The molecule has 3 aromatic carbocycles. The van der Waals surface area contributed by atoms with Gasteiger partial charge in [0.25, 0.3) is 0 Å². The molecule has 1 heterocycles. The highest BCUT2D eigenvalue weighted by Crippen LogP contribution is 2.35. The van der Waals surface area contributed by atoms with E-state index in [0.29, 0.717) is 5.56 Å². The van der Waals surface area contributed by atoms with Crippen LogP contribution in [0.25, 0.3) is 32.8 Å². The molecule has 0 unspecified atom stereocenters. The molecule has 0 amide bonds. The van der Waals surface area contributed by atoms with Gasteiger partial charge in [0.05, 0.1) is 5.69 Å². The van der Waals surface area contributed by atoms with E-state index in [0.717, 1.165) is 32.8 Å². The molecular weight excluding hydrogens is 282 g/mol. The number of nitrogens with zero attached hydrogens (tertiary/aromatic N) is 1. The summed E-state index contributed by atoms with van der Waals surface area (Å²) in [4.78, 5) is 16.8. The summed E-state index contributed by atoms with van der Waals surface area (Å²) in [5.74, 6) is 0.0560. The van der Waals surface area contributed by atoms with Crippen LogP contribution in [0.4, 0.5) is 0 Å². The van der Waals surface area contributed by atoms with E-state index in [4.69, 9.17) is 0 Å². The highest BCUT2D eigenvalue weighted by atomic mass is 16.1. The van der Waals surface area contributed by atoms with Crippen molar-refractivity contribution < 1.29 is 4.79 Å². The number of rotatable bonds is 2. The number of carbonyl (C=O) groups excluding carboxylic acids is 1. The van der Waals surface area contributed by atoms with Crippen molar-refractivity contribution in [1.82, 2.24) is 4.98 Å². The van der Waals surface area contributed by atoms with Crippen molar-refractivity contribution in [2.45, 2.75) is 6.92 Å².